The van der Waals surface area contributed by atoms with Gasteiger partial charge in [0.25, 0.3) is 5.91 Å². The molecule has 1 amide bonds. The van der Waals surface area contributed by atoms with Gasteiger partial charge >= 0.3 is 6.18 Å². The first-order chi connectivity index (χ1) is 18.6. The van der Waals surface area contributed by atoms with Crippen molar-refractivity contribution in [2.24, 2.45) is 0 Å². The predicted octanol–water partition coefficient (Wildman–Crippen LogP) is 2.70. The van der Waals surface area contributed by atoms with Gasteiger partial charge in [0.1, 0.15) is 18.0 Å². The van der Waals surface area contributed by atoms with Crippen molar-refractivity contribution >= 4 is 38.4 Å². The molecule has 39 heavy (non-hydrogen) atoms. The Morgan fingerprint density at radius 3 is 2.77 bits per heavy atom. The summed E-state index contributed by atoms with van der Waals surface area (Å²) in [4.78, 5) is 18.2. The number of likely N-dealkylation sites (tertiary alicyclic amines) is 1. The van der Waals surface area contributed by atoms with Crippen LogP contribution in [-0.2, 0) is 6.54 Å². The van der Waals surface area contributed by atoms with Gasteiger partial charge in [-0.3, -0.25) is 4.79 Å². The Morgan fingerprint density at radius 2 is 2.08 bits per heavy atom. The highest BCUT2D eigenvalue weighted by atomic mass is 28.1. The molecular weight excluding hydrogens is 525 g/mol. The van der Waals surface area contributed by atoms with Crippen LogP contribution in [0.1, 0.15) is 22.6 Å². The van der Waals surface area contributed by atoms with Crippen LogP contribution < -0.4 is 20.7 Å². The van der Waals surface area contributed by atoms with Crippen molar-refractivity contribution in [1.82, 2.24) is 19.8 Å². The fourth-order valence-electron chi connectivity index (χ4n) is 4.90. The number of piperidine rings is 1. The van der Waals surface area contributed by atoms with Crippen molar-refractivity contribution in [2.45, 2.75) is 30.7 Å². The third kappa shape index (κ3) is 6.85. The number of pyridine rings is 1. The molecule has 1 fully saturated rings. The Labute approximate surface area is 228 Å². The van der Waals surface area contributed by atoms with Crippen molar-refractivity contribution in [1.29, 1.82) is 0 Å². The van der Waals surface area contributed by atoms with Crippen LogP contribution in [0.25, 0.3) is 10.9 Å². The van der Waals surface area contributed by atoms with Gasteiger partial charge in [-0.15, -0.1) is 0 Å². The molecular formula is C27H33F3N6O2Si. The number of carbonyl (C=O) groups excluding carboxylic acids is 1. The minimum Gasteiger partial charge on any atom is -0.494 e. The Morgan fingerprint density at radius 1 is 1.28 bits per heavy atom. The van der Waals surface area contributed by atoms with E-state index in [1.807, 2.05) is 6.07 Å². The van der Waals surface area contributed by atoms with Gasteiger partial charge in [-0.2, -0.15) is 13.2 Å². The number of nitrogens with zero attached hydrogens (tertiary/aromatic N) is 3. The molecule has 2 atom stereocenters. The molecule has 3 heterocycles. The second kappa shape index (κ2) is 12.0. The number of methoxy groups -OCH3 is 1. The largest absolute Gasteiger partial charge is 0.494 e. The number of hydrogen-bond donors (Lipinski definition) is 3. The highest BCUT2D eigenvalue weighted by molar-refractivity contribution is 6.12. The summed E-state index contributed by atoms with van der Waals surface area (Å²) < 4.78 is 47.2. The molecule has 4 rings (SSSR count). The molecule has 0 spiro atoms. The van der Waals surface area contributed by atoms with Crippen LogP contribution in [0.4, 0.5) is 24.5 Å². The number of carbonyl (C=O) groups is 1. The second-order valence-corrected chi connectivity index (χ2v) is 11.2. The number of fused-ring (bicyclic) bond motifs is 1. The van der Waals surface area contributed by atoms with E-state index >= 15 is 0 Å². The minimum atomic E-state index is -4.40. The third-order valence-electron chi connectivity index (χ3n) is 6.86. The summed E-state index contributed by atoms with van der Waals surface area (Å²) in [5.74, 6) is 5.89. The lowest BCUT2D eigenvalue weighted by molar-refractivity contribution is -0.140. The number of halogens is 3. The molecule has 3 aromatic rings. The lowest BCUT2D eigenvalue weighted by atomic mass is 10.0. The normalized spacial score (nSPS) is 17.9. The van der Waals surface area contributed by atoms with Crippen molar-refractivity contribution in [3.8, 4) is 17.6 Å². The Balaban J connectivity index is 1.59. The lowest BCUT2D eigenvalue weighted by Gasteiger charge is -2.36. The van der Waals surface area contributed by atoms with E-state index in [1.165, 1.54) is 31.0 Å². The number of ether oxygens (including phenoxy) is 1. The van der Waals surface area contributed by atoms with Gasteiger partial charge in [0.15, 0.2) is 0 Å². The summed E-state index contributed by atoms with van der Waals surface area (Å²) in [6.45, 7) is 1.01. The minimum absolute atomic E-state index is 0.133. The summed E-state index contributed by atoms with van der Waals surface area (Å²) in [6, 6.07) is 8.93. The summed E-state index contributed by atoms with van der Waals surface area (Å²) in [6.07, 6.45) is -1.95. The van der Waals surface area contributed by atoms with E-state index in [9.17, 15) is 18.0 Å². The third-order valence-corrected chi connectivity index (χ3v) is 8.03. The summed E-state index contributed by atoms with van der Waals surface area (Å²) in [5, 5.41) is 9.90. The predicted molar refractivity (Wildman–Crippen MR) is 151 cm³/mol. The highest BCUT2D eigenvalue weighted by Crippen LogP contribution is 2.32. The number of nitrogens with one attached hydrogen (secondary N) is 3. The van der Waals surface area contributed by atoms with Crippen LogP contribution in [0.15, 0.2) is 36.5 Å². The first-order valence-corrected chi connectivity index (χ1v) is 13.9. The zero-order chi connectivity index (χ0) is 28.2. The van der Waals surface area contributed by atoms with Crippen LogP contribution in [0.5, 0.6) is 5.75 Å². The Bertz CT molecular complexity index is 1400. The molecule has 208 valence electrons. The molecule has 0 saturated carbocycles. The first kappa shape index (κ1) is 28.3. The van der Waals surface area contributed by atoms with E-state index in [1.54, 1.807) is 18.2 Å². The number of rotatable bonds is 7. The van der Waals surface area contributed by atoms with E-state index in [2.05, 4.69) is 44.7 Å². The molecule has 0 bridgehead atoms. The van der Waals surface area contributed by atoms with E-state index in [-0.39, 0.29) is 23.8 Å². The topological polar surface area (TPSA) is 83.5 Å². The van der Waals surface area contributed by atoms with Crippen molar-refractivity contribution in [3.05, 3.63) is 47.9 Å². The smallest absolute Gasteiger partial charge is 0.406 e. The van der Waals surface area contributed by atoms with E-state index < -0.39 is 12.7 Å². The lowest BCUT2D eigenvalue weighted by Crippen LogP contribution is -2.41. The average Bonchev–Trinajstić information content (AvgIpc) is 3.24. The zero-order valence-electron chi connectivity index (χ0n) is 22.4. The fourth-order valence-corrected chi connectivity index (χ4v) is 6.02. The maximum absolute atomic E-state index is 13.5. The monoisotopic (exact) mass is 558 g/mol. The molecule has 0 unspecified atom stereocenters. The van der Waals surface area contributed by atoms with E-state index in [0.717, 1.165) is 40.8 Å². The fraction of sp³-hybridized carbons (Fsp3) is 0.407. The number of hydrogen-bond acceptors (Lipinski definition) is 6. The number of alkyl halides is 3. The molecule has 1 aromatic carbocycles. The Kier molecular flexibility index (Phi) is 8.72. The van der Waals surface area contributed by atoms with Gasteiger partial charge in [0.05, 0.1) is 36.7 Å². The maximum atomic E-state index is 13.5. The molecule has 1 saturated heterocycles. The molecule has 2 aromatic heterocycles. The van der Waals surface area contributed by atoms with Crippen LogP contribution in [0.2, 0.25) is 5.54 Å². The second-order valence-electron chi connectivity index (χ2n) is 9.75. The molecule has 8 nitrogen and oxygen atoms in total. The van der Waals surface area contributed by atoms with Gasteiger partial charge in [-0.05, 0) is 56.2 Å². The molecule has 12 heteroatoms. The number of benzene rings is 1. The average molecular weight is 559 g/mol. The number of anilines is 2. The van der Waals surface area contributed by atoms with E-state index in [4.69, 9.17) is 4.74 Å². The Hall–Kier alpha value is -3.69. The zero-order valence-corrected chi connectivity index (χ0v) is 24.4. The molecule has 3 N–H and O–H groups in total. The molecule has 1 aliphatic heterocycles. The first-order valence-electron chi connectivity index (χ1n) is 12.7. The summed E-state index contributed by atoms with van der Waals surface area (Å²) in [7, 11) is 6.12. The van der Waals surface area contributed by atoms with Crippen LogP contribution in [-0.4, -0.2) is 83.7 Å². The summed E-state index contributed by atoms with van der Waals surface area (Å²) in [5.41, 5.74) is 2.85. The van der Waals surface area contributed by atoms with Crippen molar-refractivity contribution < 1.29 is 22.7 Å². The van der Waals surface area contributed by atoms with Gasteiger partial charge in [-0.25, -0.2) is 4.98 Å². The van der Waals surface area contributed by atoms with Gasteiger partial charge < -0.3 is 30.2 Å². The van der Waals surface area contributed by atoms with Crippen LogP contribution >= 0.6 is 0 Å². The SMILES string of the molecule is CNC(=O)c1cc(OC)c(NCC#Cc2cc3c(N[C@@H]4CCN(C)C[C@@H]4[SiH3])cccc3n2CC(F)(F)F)cn1. The molecule has 1 aliphatic rings. The maximum Gasteiger partial charge on any atom is 0.406 e. The standard InChI is InChI=1S/C27H33F3N6O2Si/c1-31-26(37)21-13-24(38-3)22(14-33-21)32-10-5-6-17-12-18-19(34-20-9-11-35(2)15-25(20)39)7-4-8-23(18)36(17)16-27(28,29)30/h4,7-8,12-14,20,25,32,34H,9-11,15-16H2,1-3,39H3,(H,31,37)/t20-,25+/m1/s1. The van der Waals surface area contributed by atoms with Crippen molar-refractivity contribution in [2.75, 3.05) is 51.5 Å². The van der Waals surface area contributed by atoms with Gasteiger partial charge in [0, 0.05) is 40.5 Å². The number of aromatic nitrogens is 2. The van der Waals surface area contributed by atoms with Gasteiger partial charge in [-0.1, -0.05) is 12.0 Å². The van der Waals surface area contributed by atoms with Crippen LogP contribution in [0, 0.1) is 11.8 Å². The van der Waals surface area contributed by atoms with Crippen LogP contribution in [0.3, 0.4) is 0 Å². The van der Waals surface area contributed by atoms with Gasteiger partial charge in [0.2, 0.25) is 0 Å². The summed E-state index contributed by atoms with van der Waals surface area (Å²) >= 11 is 0. The highest BCUT2D eigenvalue weighted by Gasteiger charge is 2.30. The van der Waals surface area contributed by atoms with Crippen molar-refractivity contribution in [3.63, 3.8) is 0 Å². The molecule has 0 radical (unpaired) electrons. The quantitative estimate of drug-likeness (QED) is 0.306. The number of amides is 1. The molecule has 0 aliphatic carbocycles. The van der Waals surface area contributed by atoms with E-state index in [0.29, 0.717) is 28.5 Å².